The number of halogens is 3. The van der Waals surface area contributed by atoms with Crippen LogP contribution in [0.25, 0.3) is 0 Å². The molecule has 0 atom stereocenters. The molecule has 0 fully saturated rings. The number of benzene rings is 1. The van der Waals surface area contributed by atoms with Gasteiger partial charge in [-0.15, -0.1) is 0 Å². The third-order valence-electron chi connectivity index (χ3n) is 2.54. The fourth-order valence-corrected chi connectivity index (χ4v) is 5.21. The SMILES string of the molecule is Nc1c(I)cc(I)c(CNOCCCCC(=O)O)c1I. The molecule has 0 aliphatic rings. The number of aliphatic carboxylic acids is 1. The van der Waals surface area contributed by atoms with Crippen LogP contribution in [-0.2, 0) is 16.2 Å². The Morgan fingerprint density at radius 3 is 2.65 bits per heavy atom. The number of anilines is 1. The van der Waals surface area contributed by atoms with Crippen LogP contribution in [0, 0.1) is 10.7 Å². The van der Waals surface area contributed by atoms with Crippen molar-refractivity contribution in [3.63, 3.8) is 0 Å². The molecular formula is C12H15I3N2O3. The number of hydrogen-bond acceptors (Lipinski definition) is 4. The summed E-state index contributed by atoms with van der Waals surface area (Å²) in [6.45, 7) is 1.08. The second-order valence-corrected chi connectivity index (χ2v) is 7.47. The van der Waals surface area contributed by atoms with Gasteiger partial charge in [0, 0.05) is 23.7 Å². The Labute approximate surface area is 158 Å². The molecule has 0 unspecified atom stereocenters. The van der Waals surface area contributed by atoms with Crippen LogP contribution in [0.5, 0.6) is 0 Å². The smallest absolute Gasteiger partial charge is 0.303 e. The van der Waals surface area contributed by atoms with Gasteiger partial charge >= 0.3 is 5.97 Å². The third-order valence-corrected chi connectivity index (χ3v) is 5.63. The molecule has 0 bridgehead atoms. The summed E-state index contributed by atoms with van der Waals surface area (Å²) < 4.78 is 3.24. The van der Waals surface area contributed by atoms with Crippen LogP contribution in [0.3, 0.4) is 0 Å². The lowest BCUT2D eigenvalue weighted by atomic mass is 10.2. The van der Waals surface area contributed by atoms with E-state index in [1.165, 1.54) is 0 Å². The zero-order chi connectivity index (χ0) is 15.1. The van der Waals surface area contributed by atoms with Crippen LogP contribution >= 0.6 is 67.8 Å². The summed E-state index contributed by atoms with van der Waals surface area (Å²) in [5.74, 6) is -0.767. The third kappa shape index (κ3) is 6.15. The fraction of sp³-hybridized carbons (Fsp3) is 0.417. The van der Waals surface area contributed by atoms with Crippen LogP contribution in [-0.4, -0.2) is 17.7 Å². The Bertz CT molecular complexity index is 484. The summed E-state index contributed by atoms with van der Waals surface area (Å²) in [6.07, 6.45) is 1.54. The molecule has 0 spiro atoms. The monoisotopic (exact) mass is 616 g/mol. The molecule has 8 heteroatoms. The summed E-state index contributed by atoms with van der Waals surface area (Å²) >= 11 is 6.75. The van der Waals surface area contributed by atoms with Gasteiger partial charge in [0.1, 0.15) is 0 Å². The first kappa shape index (κ1) is 18.6. The second-order valence-electron chi connectivity index (χ2n) is 4.07. The molecule has 112 valence electrons. The molecule has 20 heavy (non-hydrogen) atoms. The topological polar surface area (TPSA) is 84.6 Å². The van der Waals surface area contributed by atoms with Crippen LogP contribution in [0.4, 0.5) is 5.69 Å². The Morgan fingerprint density at radius 1 is 1.30 bits per heavy atom. The van der Waals surface area contributed by atoms with Gasteiger partial charge in [0.15, 0.2) is 0 Å². The molecule has 0 aliphatic heterocycles. The molecular weight excluding hydrogens is 601 g/mol. The van der Waals surface area contributed by atoms with Gasteiger partial charge in [-0.25, -0.2) is 0 Å². The van der Waals surface area contributed by atoms with Crippen molar-refractivity contribution >= 4 is 79.4 Å². The number of nitrogen functional groups attached to an aromatic ring is 1. The van der Waals surface area contributed by atoms with Crippen molar-refractivity contribution in [2.24, 2.45) is 0 Å². The number of rotatable bonds is 8. The van der Waals surface area contributed by atoms with Gasteiger partial charge in [0.2, 0.25) is 0 Å². The van der Waals surface area contributed by atoms with Crippen molar-refractivity contribution in [2.45, 2.75) is 25.8 Å². The Balaban J connectivity index is 2.36. The van der Waals surface area contributed by atoms with Crippen molar-refractivity contribution in [3.05, 3.63) is 22.3 Å². The highest BCUT2D eigenvalue weighted by molar-refractivity contribution is 14.1. The first-order chi connectivity index (χ1) is 9.43. The van der Waals surface area contributed by atoms with Crippen molar-refractivity contribution < 1.29 is 14.7 Å². The van der Waals surface area contributed by atoms with E-state index in [-0.39, 0.29) is 6.42 Å². The molecule has 0 radical (unpaired) electrons. The zero-order valence-electron chi connectivity index (χ0n) is 10.6. The van der Waals surface area contributed by atoms with E-state index in [4.69, 9.17) is 15.7 Å². The molecule has 1 aromatic rings. The largest absolute Gasteiger partial charge is 0.481 e. The molecule has 4 N–H and O–H groups in total. The average Bonchev–Trinajstić information content (AvgIpc) is 2.38. The predicted molar refractivity (Wildman–Crippen MR) is 103 cm³/mol. The maximum atomic E-state index is 10.3. The van der Waals surface area contributed by atoms with Crippen LogP contribution < -0.4 is 11.2 Å². The van der Waals surface area contributed by atoms with E-state index in [2.05, 4.69) is 73.3 Å². The summed E-state index contributed by atoms with van der Waals surface area (Å²) in [5.41, 5.74) is 10.8. The van der Waals surface area contributed by atoms with Gasteiger partial charge in [-0.2, -0.15) is 5.48 Å². The van der Waals surface area contributed by atoms with E-state index >= 15 is 0 Å². The van der Waals surface area contributed by atoms with Crippen molar-refractivity contribution in [2.75, 3.05) is 12.3 Å². The normalized spacial score (nSPS) is 10.8. The highest BCUT2D eigenvalue weighted by atomic mass is 127. The quantitative estimate of drug-likeness (QED) is 0.181. The molecule has 0 aliphatic carbocycles. The van der Waals surface area contributed by atoms with Gasteiger partial charge in [-0.1, -0.05) is 0 Å². The Morgan fingerprint density at radius 2 is 2.00 bits per heavy atom. The second kappa shape index (κ2) is 9.58. The number of carbonyl (C=O) groups is 1. The number of carboxylic acid groups (broad SMARTS) is 1. The number of unbranched alkanes of at least 4 members (excludes halogenated alkanes) is 1. The molecule has 0 saturated heterocycles. The number of hydrogen-bond donors (Lipinski definition) is 3. The van der Waals surface area contributed by atoms with Gasteiger partial charge < -0.3 is 15.7 Å². The maximum absolute atomic E-state index is 10.3. The molecule has 0 aromatic heterocycles. The van der Waals surface area contributed by atoms with E-state index in [1.54, 1.807) is 0 Å². The zero-order valence-corrected chi connectivity index (χ0v) is 17.1. The highest BCUT2D eigenvalue weighted by Crippen LogP contribution is 2.29. The summed E-state index contributed by atoms with van der Waals surface area (Å²) in [7, 11) is 0. The first-order valence-electron chi connectivity index (χ1n) is 5.91. The number of nitrogens with one attached hydrogen (secondary N) is 1. The fourth-order valence-electron chi connectivity index (χ4n) is 1.46. The Hall–Kier alpha value is 0.600. The van der Waals surface area contributed by atoms with Gasteiger partial charge in [0.05, 0.1) is 12.3 Å². The Kier molecular flexibility index (Phi) is 8.94. The van der Waals surface area contributed by atoms with Gasteiger partial charge in [-0.05, 0) is 92.2 Å². The van der Waals surface area contributed by atoms with E-state index in [9.17, 15) is 4.79 Å². The summed E-state index contributed by atoms with van der Waals surface area (Å²) in [4.78, 5) is 15.6. The van der Waals surface area contributed by atoms with Crippen molar-refractivity contribution in [3.8, 4) is 0 Å². The molecule has 0 amide bonds. The van der Waals surface area contributed by atoms with E-state index in [1.807, 2.05) is 6.07 Å². The lowest BCUT2D eigenvalue weighted by Gasteiger charge is -2.12. The maximum Gasteiger partial charge on any atom is 0.303 e. The van der Waals surface area contributed by atoms with Gasteiger partial charge in [-0.3, -0.25) is 4.79 Å². The van der Waals surface area contributed by atoms with Gasteiger partial charge in [0.25, 0.3) is 0 Å². The van der Waals surface area contributed by atoms with Crippen molar-refractivity contribution in [1.29, 1.82) is 0 Å². The lowest BCUT2D eigenvalue weighted by Crippen LogP contribution is -2.17. The van der Waals surface area contributed by atoms with Crippen molar-refractivity contribution in [1.82, 2.24) is 5.48 Å². The molecule has 5 nitrogen and oxygen atoms in total. The predicted octanol–water partition coefficient (Wildman–Crippen LogP) is 3.36. The molecule has 1 rings (SSSR count). The first-order valence-corrected chi connectivity index (χ1v) is 9.15. The minimum Gasteiger partial charge on any atom is -0.481 e. The van der Waals surface area contributed by atoms with E-state index < -0.39 is 5.97 Å². The van der Waals surface area contributed by atoms with Crippen LogP contribution in [0.2, 0.25) is 0 Å². The molecule has 1 aromatic carbocycles. The van der Waals surface area contributed by atoms with Crippen LogP contribution in [0.1, 0.15) is 24.8 Å². The summed E-state index contributed by atoms with van der Waals surface area (Å²) in [5, 5.41) is 8.50. The lowest BCUT2D eigenvalue weighted by molar-refractivity contribution is -0.137. The number of hydroxylamine groups is 1. The van der Waals surface area contributed by atoms with E-state index in [0.29, 0.717) is 19.6 Å². The molecule has 0 heterocycles. The minimum absolute atomic E-state index is 0.187. The van der Waals surface area contributed by atoms with E-state index in [0.717, 1.165) is 28.4 Å². The minimum atomic E-state index is -0.767. The van der Waals surface area contributed by atoms with Crippen LogP contribution in [0.15, 0.2) is 6.07 Å². The summed E-state index contributed by atoms with van der Waals surface area (Å²) in [6, 6.07) is 2.04. The average molecular weight is 616 g/mol. The standard InChI is InChI=1S/C12H15I3N2O3/c13-8-5-9(14)12(16)11(15)7(8)6-17-20-4-2-1-3-10(18)19/h5,17H,1-4,6,16H2,(H,18,19). The molecule has 0 saturated carbocycles. The highest BCUT2D eigenvalue weighted by Gasteiger charge is 2.11. The number of carboxylic acids is 1. The number of nitrogens with two attached hydrogens (primary N) is 1.